The highest BCUT2D eigenvalue weighted by Gasteiger charge is 2.26. The molecule has 104 valence electrons. The summed E-state index contributed by atoms with van der Waals surface area (Å²) in [6.07, 6.45) is 3.84. The first kappa shape index (κ1) is 13.9. The molecule has 19 heavy (non-hydrogen) atoms. The summed E-state index contributed by atoms with van der Waals surface area (Å²) in [6, 6.07) is 7.91. The van der Waals surface area contributed by atoms with Gasteiger partial charge in [0, 0.05) is 24.9 Å². The summed E-state index contributed by atoms with van der Waals surface area (Å²) in [5.74, 6) is 0. The van der Waals surface area contributed by atoms with Crippen LogP contribution >= 0.6 is 0 Å². The molecule has 1 heterocycles. The fraction of sp³-hybridized carbons (Fsp3) is 0.533. The van der Waals surface area contributed by atoms with Gasteiger partial charge in [-0.25, -0.2) is 4.79 Å². The fourth-order valence-electron chi connectivity index (χ4n) is 2.55. The number of nitrogens with zero attached hydrogens (tertiary/aromatic N) is 1. The predicted octanol–water partition coefficient (Wildman–Crippen LogP) is 2.76. The number of carbonyl (C=O) groups is 1. The summed E-state index contributed by atoms with van der Waals surface area (Å²) in [7, 11) is 0. The Bertz CT molecular complexity index is 415. The van der Waals surface area contributed by atoms with Gasteiger partial charge >= 0.3 is 6.03 Å². The van der Waals surface area contributed by atoms with Crippen LogP contribution in [0.15, 0.2) is 24.3 Å². The van der Waals surface area contributed by atoms with Gasteiger partial charge in [-0.1, -0.05) is 17.7 Å². The van der Waals surface area contributed by atoms with Gasteiger partial charge in [0.05, 0.1) is 0 Å². The summed E-state index contributed by atoms with van der Waals surface area (Å²) in [4.78, 5) is 14.1. The largest absolute Gasteiger partial charge is 0.396 e. The van der Waals surface area contributed by atoms with E-state index in [1.54, 1.807) is 0 Å². The number of nitrogens with one attached hydrogen (secondary N) is 1. The van der Waals surface area contributed by atoms with Crippen LogP contribution in [0.25, 0.3) is 0 Å². The van der Waals surface area contributed by atoms with E-state index in [2.05, 4.69) is 5.32 Å². The molecule has 0 spiro atoms. The van der Waals surface area contributed by atoms with Gasteiger partial charge in [-0.2, -0.15) is 0 Å². The lowest BCUT2D eigenvalue weighted by Crippen LogP contribution is -2.46. The molecule has 2 amide bonds. The highest BCUT2D eigenvalue weighted by molar-refractivity contribution is 5.89. The summed E-state index contributed by atoms with van der Waals surface area (Å²) in [5.41, 5.74) is 2.00. The number of urea groups is 1. The molecule has 1 aromatic rings. The number of aryl methyl sites for hydroxylation is 1. The van der Waals surface area contributed by atoms with E-state index in [9.17, 15) is 4.79 Å². The Morgan fingerprint density at radius 3 is 2.79 bits per heavy atom. The highest BCUT2D eigenvalue weighted by Crippen LogP contribution is 2.20. The molecule has 0 aliphatic carbocycles. The molecule has 4 heteroatoms. The lowest BCUT2D eigenvalue weighted by Gasteiger charge is -2.35. The van der Waals surface area contributed by atoms with Crippen molar-refractivity contribution >= 4 is 11.7 Å². The van der Waals surface area contributed by atoms with E-state index in [0.717, 1.165) is 31.5 Å². The van der Waals surface area contributed by atoms with Crippen LogP contribution in [0, 0.1) is 6.92 Å². The zero-order valence-electron chi connectivity index (χ0n) is 11.4. The first-order valence-corrected chi connectivity index (χ1v) is 6.96. The van der Waals surface area contributed by atoms with Crippen LogP contribution in [-0.2, 0) is 0 Å². The SMILES string of the molecule is Cc1ccc(NC(=O)N2CCCC[C@H]2CCO)cc1. The molecule has 1 atom stereocenters. The van der Waals surface area contributed by atoms with Gasteiger partial charge in [0.25, 0.3) is 0 Å². The number of rotatable bonds is 3. The van der Waals surface area contributed by atoms with Gasteiger partial charge in [-0.15, -0.1) is 0 Å². The molecule has 1 aliphatic rings. The lowest BCUT2D eigenvalue weighted by atomic mass is 10.0. The highest BCUT2D eigenvalue weighted by atomic mass is 16.3. The average Bonchev–Trinajstić information content (AvgIpc) is 2.42. The van der Waals surface area contributed by atoms with E-state index in [1.165, 1.54) is 5.56 Å². The third-order valence-electron chi connectivity index (χ3n) is 3.65. The molecular weight excluding hydrogens is 240 g/mol. The summed E-state index contributed by atoms with van der Waals surface area (Å²) < 4.78 is 0. The number of piperidine rings is 1. The number of amides is 2. The van der Waals surface area contributed by atoms with Gasteiger partial charge in [-0.05, 0) is 44.7 Å². The number of benzene rings is 1. The van der Waals surface area contributed by atoms with Gasteiger partial charge in [0.2, 0.25) is 0 Å². The van der Waals surface area contributed by atoms with Crippen LogP contribution in [-0.4, -0.2) is 35.2 Å². The number of hydrogen-bond acceptors (Lipinski definition) is 2. The van der Waals surface area contributed by atoms with Gasteiger partial charge in [-0.3, -0.25) is 0 Å². The van der Waals surface area contributed by atoms with Crippen molar-refractivity contribution in [1.82, 2.24) is 4.90 Å². The minimum Gasteiger partial charge on any atom is -0.396 e. The molecule has 0 bridgehead atoms. The Morgan fingerprint density at radius 1 is 1.37 bits per heavy atom. The summed E-state index contributed by atoms with van der Waals surface area (Å²) >= 11 is 0. The van der Waals surface area contributed by atoms with Crippen molar-refractivity contribution in [3.8, 4) is 0 Å². The zero-order valence-corrected chi connectivity index (χ0v) is 11.4. The monoisotopic (exact) mass is 262 g/mol. The second kappa shape index (κ2) is 6.57. The topological polar surface area (TPSA) is 52.6 Å². The van der Waals surface area contributed by atoms with E-state index in [4.69, 9.17) is 5.11 Å². The molecule has 4 nitrogen and oxygen atoms in total. The van der Waals surface area contributed by atoms with E-state index in [1.807, 2.05) is 36.1 Å². The summed E-state index contributed by atoms with van der Waals surface area (Å²) in [5, 5.41) is 12.0. The maximum absolute atomic E-state index is 12.3. The zero-order chi connectivity index (χ0) is 13.7. The Labute approximate surface area is 114 Å². The molecule has 1 saturated heterocycles. The molecule has 0 radical (unpaired) electrons. The fourth-order valence-corrected chi connectivity index (χ4v) is 2.55. The molecular formula is C15H22N2O2. The molecule has 0 unspecified atom stereocenters. The summed E-state index contributed by atoms with van der Waals surface area (Å²) in [6.45, 7) is 2.94. The first-order valence-electron chi connectivity index (χ1n) is 6.96. The molecule has 0 aromatic heterocycles. The lowest BCUT2D eigenvalue weighted by molar-refractivity contribution is 0.141. The van der Waals surface area contributed by atoms with E-state index >= 15 is 0 Å². The van der Waals surface area contributed by atoms with Crippen molar-refractivity contribution in [3.05, 3.63) is 29.8 Å². The van der Waals surface area contributed by atoms with Crippen molar-refractivity contribution < 1.29 is 9.90 Å². The minimum absolute atomic E-state index is 0.0537. The van der Waals surface area contributed by atoms with E-state index in [-0.39, 0.29) is 18.7 Å². The molecule has 1 aliphatic heterocycles. The predicted molar refractivity (Wildman–Crippen MR) is 76.2 cm³/mol. The number of aliphatic hydroxyl groups excluding tert-OH is 1. The van der Waals surface area contributed by atoms with Gasteiger partial charge in [0.1, 0.15) is 0 Å². The van der Waals surface area contributed by atoms with E-state index in [0.29, 0.717) is 6.42 Å². The first-order chi connectivity index (χ1) is 9.20. The molecule has 2 N–H and O–H groups in total. The number of carbonyl (C=O) groups excluding carboxylic acids is 1. The van der Waals surface area contributed by atoms with Gasteiger partial charge < -0.3 is 15.3 Å². The maximum atomic E-state index is 12.3. The number of hydrogen-bond donors (Lipinski definition) is 2. The minimum atomic E-state index is -0.0537. The normalized spacial score (nSPS) is 19.3. The number of aliphatic hydroxyl groups is 1. The Hall–Kier alpha value is -1.55. The quantitative estimate of drug-likeness (QED) is 0.880. The van der Waals surface area contributed by atoms with Crippen molar-refractivity contribution in [1.29, 1.82) is 0 Å². The van der Waals surface area contributed by atoms with Crippen molar-refractivity contribution in [2.24, 2.45) is 0 Å². The third-order valence-corrected chi connectivity index (χ3v) is 3.65. The van der Waals surface area contributed by atoms with Crippen molar-refractivity contribution in [3.63, 3.8) is 0 Å². The van der Waals surface area contributed by atoms with Crippen molar-refractivity contribution in [2.75, 3.05) is 18.5 Å². The molecule has 2 rings (SSSR count). The Morgan fingerprint density at radius 2 is 2.11 bits per heavy atom. The average molecular weight is 262 g/mol. The number of likely N-dealkylation sites (tertiary alicyclic amines) is 1. The third kappa shape index (κ3) is 3.70. The Kier molecular flexibility index (Phi) is 4.80. The number of anilines is 1. The Balaban J connectivity index is 1.99. The van der Waals surface area contributed by atoms with Crippen LogP contribution in [0.4, 0.5) is 10.5 Å². The standard InChI is InChI=1S/C15H22N2O2/c1-12-5-7-13(8-6-12)16-15(19)17-10-3-2-4-14(17)9-11-18/h5-8,14,18H,2-4,9-11H2,1H3,(H,16,19)/t14-/m0/s1. The molecule has 1 aromatic carbocycles. The molecule has 0 saturated carbocycles. The van der Waals surface area contributed by atoms with Crippen LogP contribution in [0.2, 0.25) is 0 Å². The smallest absolute Gasteiger partial charge is 0.322 e. The van der Waals surface area contributed by atoms with Gasteiger partial charge in [0.15, 0.2) is 0 Å². The van der Waals surface area contributed by atoms with Crippen LogP contribution in [0.5, 0.6) is 0 Å². The second-order valence-corrected chi connectivity index (χ2v) is 5.15. The maximum Gasteiger partial charge on any atom is 0.322 e. The van der Waals surface area contributed by atoms with Crippen LogP contribution in [0.1, 0.15) is 31.2 Å². The molecule has 1 fully saturated rings. The van der Waals surface area contributed by atoms with Crippen LogP contribution < -0.4 is 5.32 Å². The second-order valence-electron chi connectivity index (χ2n) is 5.15. The van der Waals surface area contributed by atoms with E-state index < -0.39 is 0 Å². The van der Waals surface area contributed by atoms with Crippen LogP contribution in [0.3, 0.4) is 0 Å². The van der Waals surface area contributed by atoms with Crippen molar-refractivity contribution in [2.45, 2.75) is 38.6 Å².